The molecule has 2 aromatic rings. The molecule has 0 aliphatic heterocycles. The van der Waals surface area contributed by atoms with Gasteiger partial charge in [-0.25, -0.2) is 9.59 Å². The number of anilines is 2. The summed E-state index contributed by atoms with van der Waals surface area (Å²) in [6.07, 6.45) is 0. The van der Waals surface area contributed by atoms with Crippen molar-refractivity contribution in [3.8, 4) is 0 Å². The molecule has 0 bridgehead atoms. The van der Waals surface area contributed by atoms with Crippen molar-refractivity contribution in [3.63, 3.8) is 0 Å². The van der Waals surface area contributed by atoms with Crippen molar-refractivity contribution < 1.29 is 14.3 Å². The Morgan fingerprint density at radius 1 is 1.10 bits per heavy atom. The van der Waals surface area contributed by atoms with Crippen molar-refractivity contribution in [1.82, 2.24) is 9.13 Å². The molecule has 9 nitrogen and oxygen atoms in total. The largest absolute Gasteiger partial charge is 0.454 e. The van der Waals surface area contributed by atoms with Gasteiger partial charge in [0.25, 0.3) is 5.56 Å². The first-order valence-corrected chi connectivity index (χ1v) is 10.3. The molecule has 1 aromatic heterocycles. The quantitative estimate of drug-likeness (QED) is 0.475. The number of hydrogen-bond donors (Lipinski definition) is 1. The molecule has 0 saturated heterocycles. The Bertz CT molecular complexity index is 1060. The number of carbonyl (C=O) groups is 2. The summed E-state index contributed by atoms with van der Waals surface area (Å²) in [4.78, 5) is 51.9. The lowest BCUT2D eigenvalue weighted by Crippen LogP contribution is -2.43. The minimum atomic E-state index is -0.813. The van der Waals surface area contributed by atoms with Crippen LogP contribution in [0.3, 0.4) is 0 Å². The van der Waals surface area contributed by atoms with Crippen LogP contribution in [0.5, 0.6) is 0 Å². The van der Waals surface area contributed by atoms with Gasteiger partial charge in [0, 0.05) is 32.4 Å². The molecular formula is C22H30N4O5. The molecule has 1 aromatic carbocycles. The zero-order valence-corrected chi connectivity index (χ0v) is 18.7. The van der Waals surface area contributed by atoms with Crippen LogP contribution < -0.4 is 21.9 Å². The maximum absolute atomic E-state index is 12.7. The summed E-state index contributed by atoms with van der Waals surface area (Å²) in [5.74, 6) is -1.60. The number of benzene rings is 1. The monoisotopic (exact) mass is 430 g/mol. The minimum Gasteiger partial charge on any atom is -0.454 e. The average Bonchev–Trinajstić information content (AvgIpc) is 2.75. The standard InChI is InChI=1S/C22H30N4O5/c1-6-25(7-2)16-10-8-15(9-11-16)21(29)31-13-17(27)18-19(23)26(12-14(3)4)22(30)24(5)20(18)28/h8-11,14H,6-7,12-13,23H2,1-5H3. The van der Waals surface area contributed by atoms with Crippen molar-refractivity contribution in [1.29, 1.82) is 0 Å². The first-order chi connectivity index (χ1) is 14.6. The third-order valence-electron chi connectivity index (χ3n) is 4.98. The van der Waals surface area contributed by atoms with Gasteiger partial charge in [0.1, 0.15) is 11.4 Å². The fourth-order valence-corrected chi connectivity index (χ4v) is 3.27. The van der Waals surface area contributed by atoms with E-state index in [0.717, 1.165) is 23.3 Å². The van der Waals surface area contributed by atoms with Crippen LogP contribution in [0, 0.1) is 5.92 Å². The van der Waals surface area contributed by atoms with E-state index in [0.29, 0.717) is 0 Å². The van der Waals surface area contributed by atoms with Crippen LogP contribution in [-0.4, -0.2) is 40.6 Å². The molecule has 168 valence electrons. The molecule has 0 radical (unpaired) electrons. The van der Waals surface area contributed by atoms with Gasteiger partial charge in [0.05, 0.1) is 5.56 Å². The number of nitrogens with zero attached hydrogens (tertiary/aromatic N) is 3. The van der Waals surface area contributed by atoms with Crippen molar-refractivity contribution in [3.05, 3.63) is 56.2 Å². The molecular weight excluding hydrogens is 400 g/mol. The zero-order chi connectivity index (χ0) is 23.3. The highest BCUT2D eigenvalue weighted by atomic mass is 16.5. The van der Waals surface area contributed by atoms with E-state index in [-0.39, 0.29) is 29.4 Å². The van der Waals surface area contributed by atoms with E-state index < -0.39 is 29.6 Å². The van der Waals surface area contributed by atoms with E-state index in [9.17, 15) is 19.2 Å². The van der Waals surface area contributed by atoms with Crippen LogP contribution in [0.2, 0.25) is 0 Å². The molecule has 0 atom stereocenters. The van der Waals surface area contributed by atoms with Gasteiger partial charge in [-0.2, -0.15) is 0 Å². The molecule has 0 spiro atoms. The molecule has 0 aliphatic carbocycles. The van der Waals surface area contributed by atoms with Gasteiger partial charge >= 0.3 is 11.7 Å². The number of rotatable bonds is 9. The first kappa shape index (κ1) is 23.9. The van der Waals surface area contributed by atoms with Gasteiger partial charge in [-0.05, 0) is 44.0 Å². The Labute approximate surface area is 181 Å². The fraction of sp³-hybridized carbons (Fsp3) is 0.455. The van der Waals surface area contributed by atoms with E-state index in [1.807, 2.05) is 27.7 Å². The van der Waals surface area contributed by atoms with Gasteiger partial charge in [-0.1, -0.05) is 13.8 Å². The van der Waals surface area contributed by atoms with Crippen molar-refractivity contribution in [2.75, 3.05) is 30.3 Å². The van der Waals surface area contributed by atoms with Crippen molar-refractivity contribution in [2.24, 2.45) is 13.0 Å². The fourth-order valence-electron chi connectivity index (χ4n) is 3.27. The molecule has 1 heterocycles. The molecule has 2 rings (SSSR count). The Morgan fingerprint density at radius 2 is 1.68 bits per heavy atom. The summed E-state index contributed by atoms with van der Waals surface area (Å²) in [5, 5.41) is 0. The highest BCUT2D eigenvalue weighted by Gasteiger charge is 2.23. The van der Waals surface area contributed by atoms with Crippen LogP contribution in [0.15, 0.2) is 33.9 Å². The predicted molar refractivity (Wildman–Crippen MR) is 120 cm³/mol. The normalized spacial score (nSPS) is 10.9. The van der Waals surface area contributed by atoms with Crippen LogP contribution in [0.25, 0.3) is 0 Å². The van der Waals surface area contributed by atoms with Gasteiger partial charge in [-0.15, -0.1) is 0 Å². The SMILES string of the molecule is CCN(CC)c1ccc(C(=O)OCC(=O)c2c(N)n(CC(C)C)c(=O)n(C)c2=O)cc1. The number of nitrogens with two attached hydrogens (primary N) is 1. The van der Waals surface area contributed by atoms with Gasteiger partial charge < -0.3 is 15.4 Å². The number of Topliss-reactive ketones (excluding diaryl/α,β-unsaturated/α-hetero) is 1. The number of hydrogen-bond acceptors (Lipinski definition) is 7. The molecule has 0 fully saturated rings. The lowest BCUT2D eigenvalue weighted by atomic mass is 10.1. The number of aromatic nitrogens is 2. The van der Waals surface area contributed by atoms with Crippen LogP contribution in [0.1, 0.15) is 48.4 Å². The van der Waals surface area contributed by atoms with E-state index in [1.54, 1.807) is 24.3 Å². The third-order valence-corrected chi connectivity index (χ3v) is 4.98. The summed E-state index contributed by atoms with van der Waals surface area (Å²) in [6.45, 7) is 9.11. The summed E-state index contributed by atoms with van der Waals surface area (Å²) < 4.78 is 7.13. The second-order valence-electron chi connectivity index (χ2n) is 7.63. The predicted octanol–water partition coefficient (Wildman–Crippen LogP) is 1.67. The Hall–Kier alpha value is -3.36. The molecule has 0 unspecified atom stereocenters. The number of ketones is 1. The molecule has 9 heteroatoms. The highest BCUT2D eigenvalue weighted by Crippen LogP contribution is 2.16. The third kappa shape index (κ3) is 5.22. The smallest absolute Gasteiger partial charge is 0.338 e. The van der Waals surface area contributed by atoms with Crippen molar-refractivity contribution in [2.45, 2.75) is 34.2 Å². The molecule has 0 saturated carbocycles. The van der Waals surface area contributed by atoms with E-state index >= 15 is 0 Å². The van der Waals surface area contributed by atoms with Gasteiger partial charge in [-0.3, -0.25) is 18.7 Å². The summed E-state index contributed by atoms with van der Waals surface area (Å²) in [6, 6.07) is 6.86. The van der Waals surface area contributed by atoms with Gasteiger partial charge in [0.15, 0.2) is 6.61 Å². The molecule has 0 amide bonds. The van der Waals surface area contributed by atoms with E-state index in [2.05, 4.69) is 4.90 Å². The van der Waals surface area contributed by atoms with Crippen LogP contribution >= 0.6 is 0 Å². The second kappa shape index (κ2) is 10.1. The Morgan fingerprint density at radius 3 is 2.19 bits per heavy atom. The highest BCUT2D eigenvalue weighted by molar-refractivity contribution is 6.02. The minimum absolute atomic E-state index is 0.0672. The Balaban J connectivity index is 2.21. The molecule has 0 aliphatic rings. The summed E-state index contributed by atoms with van der Waals surface area (Å²) in [5.41, 5.74) is 5.47. The van der Waals surface area contributed by atoms with E-state index in [4.69, 9.17) is 10.5 Å². The summed E-state index contributed by atoms with van der Waals surface area (Å²) in [7, 11) is 1.28. The first-order valence-electron chi connectivity index (χ1n) is 10.3. The zero-order valence-electron chi connectivity index (χ0n) is 18.7. The molecule has 31 heavy (non-hydrogen) atoms. The van der Waals surface area contributed by atoms with Gasteiger partial charge in [0.2, 0.25) is 5.78 Å². The number of esters is 1. The summed E-state index contributed by atoms with van der Waals surface area (Å²) >= 11 is 0. The maximum Gasteiger partial charge on any atom is 0.338 e. The van der Waals surface area contributed by atoms with E-state index in [1.165, 1.54) is 11.6 Å². The molecule has 2 N–H and O–H groups in total. The second-order valence-corrected chi connectivity index (χ2v) is 7.63. The Kier molecular flexibility index (Phi) is 7.79. The number of carbonyl (C=O) groups excluding carboxylic acids is 2. The number of ether oxygens (including phenoxy) is 1. The van der Waals surface area contributed by atoms with Crippen molar-refractivity contribution >= 4 is 23.3 Å². The number of nitrogen functional groups attached to an aromatic ring is 1. The van der Waals surface area contributed by atoms with Crippen LogP contribution in [0.4, 0.5) is 11.5 Å². The average molecular weight is 431 g/mol. The van der Waals surface area contributed by atoms with Crippen LogP contribution in [-0.2, 0) is 18.3 Å². The lowest BCUT2D eigenvalue weighted by Gasteiger charge is -2.20. The topological polar surface area (TPSA) is 117 Å². The lowest BCUT2D eigenvalue weighted by molar-refractivity contribution is 0.0474. The maximum atomic E-state index is 12.7.